The molecule has 0 atom stereocenters. The van der Waals surface area contributed by atoms with Gasteiger partial charge in [-0.05, 0) is 49.1 Å². The highest BCUT2D eigenvalue weighted by molar-refractivity contribution is 7.89. The van der Waals surface area contributed by atoms with Crippen LogP contribution in [0.15, 0.2) is 64.6 Å². The van der Waals surface area contributed by atoms with Gasteiger partial charge in [0.2, 0.25) is 0 Å². The molecule has 0 bridgehead atoms. The van der Waals surface area contributed by atoms with Crippen LogP contribution in [0.4, 0.5) is 5.69 Å². The SMILES string of the molecule is O=S(=O)(N/N=C\c1ccc(N2CCCCC2)cc1)c1ccccc1. The largest absolute Gasteiger partial charge is 0.372 e. The fourth-order valence-electron chi connectivity index (χ4n) is 2.75. The molecule has 0 aromatic heterocycles. The molecule has 126 valence electrons. The number of piperidine rings is 1. The van der Waals surface area contributed by atoms with Crippen molar-refractivity contribution in [3.8, 4) is 0 Å². The van der Waals surface area contributed by atoms with Crippen molar-refractivity contribution in [3.05, 3.63) is 60.2 Å². The Morgan fingerprint density at radius 1 is 0.917 bits per heavy atom. The van der Waals surface area contributed by atoms with Gasteiger partial charge in [-0.1, -0.05) is 30.3 Å². The Labute approximate surface area is 143 Å². The molecule has 1 aliphatic rings. The summed E-state index contributed by atoms with van der Waals surface area (Å²) in [5.41, 5.74) is 2.06. The summed E-state index contributed by atoms with van der Waals surface area (Å²) < 4.78 is 24.1. The summed E-state index contributed by atoms with van der Waals surface area (Å²) in [6.45, 7) is 2.20. The first-order valence-electron chi connectivity index (χ1n) is 8.10. The Hall–Kier alpha value is -2.34. The molecule has 2 aromatic rings. The molecule has 1 aliphatic heterocycles. The number of nitrogens with one attached hydrogen (secondary N) is 1. The number of hydrogen-bond donors (Lipinski definition) is 1. The third-order valence-corrected chi connectivity index (χ3v) is 5.29. The van der Waals surface area contributed by atoms with Crippen LogP contribution in [0.2, 0.25) is 0 Å². The summed E-state index contributed by atoms with van der Waals surface area (Å²) in [7, 11) is -3.61. The van der Waals surface area contributed by atoms with Gasteiger partial charge in [-0.3, -0.25) is 0 Å². The van der Waals surface area contributed by atoms with Crippen molar-refractivity contribution >= 4 is 21.9 Å². The number of sulfonamides is 1. The van der Waals surface area contributed by atoms with Crippen molar-refractivity contribution in [1.29, 1.82) is 0 Å². The molecule has 0 radical (unpaired) electrons. The Balaban J connectivity index is 1.62. The van der Waals surface area contributed by atoms with Crippen molar-refractivity contribution in [2.75, 3.05) is 18.0 Å². The van der Waals surface area contributed by atoms with Crippen LogP contribution in [0.5, 0.6) is 0 Å². The predicted octanol–water partition coefficient (Wildman–Crippen LogP) is 2.99. The van der Waals surface area contributed by atoms with Crippen LogP contribution in [0.25, 0.3) is 0 Å². The molecule has 1 saturated heterocycles. The van der Waals surface area contributed by atoms with Gasteiger partial charge in [0.1, 0.15) is 0 Å². The maximum atomic E-state index is 12.1. The molecule has 24 heavy (non-hydrogen) atoms. The van der Waals surface area contributed by atoms with E-state index in [0.29, 0.717) is 0 Å². The Morgan fingerprint density at radius 3 is 2.25 bits per heavy atom. The van der Waals surface area contributed by atoms with E-state index in [4.69, 9.17) is 0 Å². The summed E-state index contributed by atoms with van der Waals surface area (Å²) in [5.74, 6) is 0. The van der Waals surface area contributed by atoms with Crippen LogP contribution in [-0.4, -0.2) is 27.7 Å². The lowest BCUT2D eigenvalue weighted by Crippen LogP contribution is -2.29. The highest BCUT2D eigenvalue weighted by Gasteiger charge is 2.11. The molecule has 1 fully saturated rings. The van der Waals surface area contributed by atoms with E-state index in [1.807, 2.05) is 12.1 Å². The van der Waals surface area contributed by atoms with E-state index in [-0.39, 0.29) is 4.90 Å². The number of hydrazone groups is 1. The van der Waals surface area contributed by atoms with Gasteiger partial charge in [0, 0.05) is 18.8 Å². The first kappa shape index (κ1) is 16.5. The molecular weight excluding hydrogens is 322 g/mol. The molecule has 2 aromatic carbocycles. The highest BCUT2D eigenvalue weighted by Crippen LogP contribution is 2.19. The second-order valence-corrected chi connectivity index (χ2v) is 7.47. The fraction of sp³-hybridized carbons (Fsp3) is 0.278. The van der Waals surface area contributed by atoms with E-state index in [1.54, 1.807) is 18.2 Å². The van der Waals surface area contributed by atoms with Gasteiger partial charge in [-0.25, -0.2) is 4.83 Å². The van der Waals surface area contributed by atoms with Crippen LogP contribution >= 0.6 is 0 Å². The van der Waals surface area contributed by atoms with E-state index in [1.165, 1.54) is 43.3 Å². The number of rotatable bonds is 5. The molecule has 6 heteroatoms. The third-order valence-electron chi connectivity index (χ3n) is 4.05. The zero-order valence-electron chi connectivity index (χ0n) is 13.4. The van der Waals surface area contributed by atoms with Gasteiger partial charge in [0.15, 0.2) is 0 Å². The molecule has 0 spiro atoms. The van der Waals surface area contributed by atoms with E-state index in [2.05, 4.69) is 27.0 Å². The first-order chi connectivity index (χ1) is 11.6. The number of nitrogens with zero attached hydrogens (tertiary/aromatic N) is 2. The second-order valence-electron chi connectivity index (χ2n) is 5.81. The average molecular weight is 343 g/mol. The van der Waals surface area contributed by atoms with Crippen LogP contribution in [-0.2, 0) is 10.0 Å². The second kappa shape index (κ2) is 7.49. The first-order valence-corrected chi connectivity index (χ1v) is 9.58. The Morgan fingerprint density at radius 2 is 1.58 bits per heavy atom. The van der Waals surface area contributed by atoms with Crippen LogP contribution in [0.1, 0.15) is 24.8 Å². The summed E-state index contributed by atoms with van der Waals surface area (Å²) in [6.07, 6.45) is 5.30. The van der Waals surface area contributed by atoms with E-state index >= 15 is 0 Å². The molecule has 1 heterocycles. The Kier molecular flexibility index (Phi) is 5.15. The molecule has 0 amide bonds. The Bertz CT molecular complexity index is 781. The van der Waals surface area contributed by atoms with Gasteiger partial charge >= 0.3 is 0 Å². The lowest BCUT2D eigenvalue weighted by Gasteiger charge is -2.28. The summed E-state index contributed by atoms with van der Waals surface area (Å²) >= 11 is 0. The van der Waals surface area contributed by atoms with Crippen LogP contribution in [0, 0.1) is 0 Å². The predicted molar refractivity (Wildman–Crippen MR) is 96.9 cm³/mol. The summed E-state index contributed by atoms with van der Waals surface area (Å²) in [6, 6.07) is 16.2. The standard InChI is InChI=1S/C18H21N3O2S/c22-24(23,18-7-3-1-4-8-18)20-19-15-16-9-11-17(12-10-16)21-13-5-2-6-14-21/h1,3-4,7-12,15,20H,2,5-6,13-14H2/b19-15-. The smallest absolute Gasteiger partial charge is 0.276 e. The minimum Gasteiger partial charge on any atom is -0.372 e. The van der Waals surface area contributed by atoms with Crippen molar-refractivity contribution < 1.29 is 8.42 Å². The van der Waals surface area contributed by atoms with Crippen molar-refractivity contribution in [3.63, 3.8) is 0 Å². The monoisotopic (exact) mass is 343 g/mol. The molecular formula is C18H21N3O2S. The minimum atomic E-state index is -3.61. The average Bonchev–Trinajstić information content (AvgIpc) is 2.64. The van der Waals surface area contributed by atoms with Crippen molar-refractivity contribution in [2.45, 2.75) is 24.2 Å². The summed E-state index contributed by atoms with van der Waals surface area (Å²) in [5, 5.41) is 3.86. The van der Waals surface area contributed by atoms with Gasteiger partial charge < -0.3 is 4.90 Å². The lowest BCUT2D eigenvalue weighted by molar-refractivity contribution is 0.578. The minimum absolute atomic E-state index is 0.197. The third kappa shape index (κ3) is 4.14. The molecule has 1 N–H and O–H groups in total. The van der Waals surface area contributed by atoms with Crippen LogP contribution in [0.3, 0.4) is 0 Å². The van der Waals surface area contributed by atoms with Crippen LogP contribution < -0.4 is 9.73 Å². The van der Waals surface area contributed by atoms with Crippen molar-refractivity contribution in [1.82, 2.24) is 4.83 Å². The summed E-state index contributed by atoms with van der Waals surface area (Å²) in [4.78, 5) is 4.81. The van der Waals surface area contributed by atoms with Gasteiger partial charge in [-0.2, -0.15) is 13.5 Å². The number of anilines is 1. The van der Waals surface area contributed by atoms with Gasteiger partial charge in [0.05, 0.1) is 11.1 Å². The van der Waals surface area contributed by atoms with Gasteiger partial charge in [-0.15, -0.1) is 0 Å². The topological polar surface area (TPSA) is 61.8 Å². The highest BCUT2D eigenvalue weighted by atomic mass is 32.2. The molecule has 0 unspecified atom stereocenters. The number of hydrogen-bond acceptors (Lipinski definition) is 4. The maximum absolute atomic E-state index is 12.1. The van der Waals surface area contributed by atoms with Crippen molar-refractivity contribution in [2.24, 2.45) is 5.10 Å². The normalized spacial score (nSPS) is 15.6. The molecule has 3 rings (SSSR count). The number of benzene rings is 2. The lowest BCUT2D eigenvalue weighted by atomic mass is 10.1. The maximum Gasteiger partial charge on any atom is 0.276 e. The molecule has 5 nitrogen and oxygen atoms in total. The van der Waals surface area contributed by atoms with E-state index in [0.717, 1.165) is 18.7 Å². The van der Waals surface area contributed by atoms with Gasteiger partial charge in [0.25, 0.3) is 10.0 Å². The molecule has 0 aliphatic carbocycles. The molecule has 0 saturated carbocycles. The fourth-order valence-corrected chi connectivity index (χ4v) is 3.56. The zero-order valence-corrected chi connectivity index (χ0v) is 14.2. The quantitative estimate of drug-likeness (QED) is 0.670. The zero-order chi connectivity index (χ0) is 16.8. The van der Waals surface area contributed by atoms with E-state index in [9.17, 15) is 8.42 Å². The van der Waals surface area contributed by atoms with E-state index < -0.39 is 10.0 Å².